The third kappa shape index (κ3) is 30.5. The molecule has 0 fully saturated rings. The van der Waals surface area contributed by atoms with Crippen molar-refractivity contribution in [2.24, 2.45) is 23.7 Å². The van der Waals surface area contributed by atoms with Crippen LogP contribution < -0.4 is 0 Å². The van der Waals surface area contributed by atoms with Gasteiger partial charge in [0.05, 0.1) is 19.8 Å². The molecule has 0 radical (unpaired) electrons. The summed E-state index contributed by atoms with van der Waals surface area (Å²) in [5.41, 5.74) is 0. The molecule has 4 atom stereocenters. The van der Waals surface area contributed by atoms with Crippen LogP contribution in [0.1, 0.15) is 139 Å². The zero-order chi connectivity index (χ0) is 31.1. The van der Waals surface area contributed by atoms with Gasteiger partial charge in [-0.3, -0.25) is 14.4 Å². The van der Waals surface area contributed by atoms with E-state index in [-0.39, 0.29) is 76.6 Å². The molecule has 0 aliphatic heterocycles. The largest absolute Gasteiger partial charge is 0.396 e. The van der Waals surface area contributed by atoms with E-state index in [1.54, 1.807) is 0 Å². The normalized spacial score (nSPS) is 12.9. The Balaban J connectivity index is -0.000000135. The standard InChI is InChI=1S/3C8H16O2.C8H18O.Ti/c3*1-3-5-8(10)7(4-2)6-9;1-3-5-6-8(4-2)7-9;/h3*7,9H,3-6H2,1-2H3;8-9H,3-7H2,1-2H3;. The van der Waals surface area contributed by atoms with Crippen LogP contribution in [0.5, 0.6) is 0 Å². The average Bonchev–Trinajstić information content (AvgIpc) is 2.93. The molecule has 7 nitrogen and oxygen atoms in total. The summed E-state index contributed by atoms with van der Waals surface area (Å²) in [6.45, 7) is 16.4. The number of carbonyl (C=O) groups is 3. The van der Waals surface area contributed by atoms with Crippen molar-refractivity contribution in [3.8, 4) is 0 Å². The van der Waals surface area contributed by atoms with Crippen molar-refractivity contribution in [3.05, 3.63) is 0 Å². The maximum atomic E-state index is 11.0. The smallest absolute Gasteiger partial charge is 0.138 e. The fraction of sp³-hybridized carbons (Fsp3) is 0.906. The van der Waals surface area contributed by atoms with Crippen LogP contribution in [0.15, 0.2) is 0 Å². The zero-order valence-corrected chi connectivity index (χ0v) is 28.9. The van der Waals surface area contributed by atoms with Crippen LogP contribution in [-0.2, 0) is 36.1 Å². The van der Waals surface area contributed by atoms with E-state index in [0.29, 0.717) is 31.8 Å². The van der Waals surface area contributed by atoms with Crippen molar-refractivity contribution in [2.45, 2.75) is 139 Å². The van der Waals surface area contributed by atoms with E-state index in [9.17, 15) is 14.4 Å². The Morgan fingerprint density at radius 3 is 0.925 bits per heavy atom. The molecule has 0 rings (SSSR count). The van der Waals surface area contributed by atoms with Crippen LogP contribution in [-0.4, -0.2) is 64.2 Å². The summed E-state index contributed by atoms with van der Waals surface area (Å²) in [7, 11) is 0. The molecule has 0 aliphatic carbocycles. The molecule has 40 heavy (non-hydrogen) atoms. The molecule has 0 aromatic rings. The van der Waals surface area contributed by atoms with E-state index in [4.69, 9.17) is 20.4 Å². The van der Waals surface area contributed by atoms with Gasteiger partial charge in [-0.2, -0.15) is 0 Å². The summed E-state index contributed by atoms with van der Waals surface area (Å²) in [5, 5.41) is 34.9. The number of carbonyl (C=O) groups excluding carboxylic acids is 3. The summed E-state index contributed by atoms with van der Waals surface area (Å²) in [5.74, 6) is 0.831. The minimum atomic E-state index is -0.111. The molecule has 0 bridgehead atoms. The molecule has 0 amide bonds. The predicted octanol–water partition coefficient (Wildman–Crippen LogP) is 6.31. The summed E-state index contributed by atoms with van der Waals surface area (Å²) < 4.78 is 0. The molecule has 0 aromatic heterocycles. The molecule has 4 unspecified atom stereocenters. The quantitative estimate of drug-likeness (QED) is 0.119. The van der Waals surface area contributed by atoms with Gasteiger partial charge in [0, 0.05) is 65.3 Å². The van der Waals surface area contributed by atoms with E-state index in [2.05, 4.69) is 13.8 Å². The molecule has 0 saturated heterocycles. The summed E-state index contributed by atoms with van der Waals surface area (Å²) in [4.78, 5) is 33.1. The van der Waals surface area contributed by atoms with E-state index in [0.717, 1.165) is 44.9 Å². The first kappa shape index (κ1) is 49.3. The Bertz CT molecular complexity index is 466. The second-order valence-electron chi connectivity index (χ2n) is 10.1. The van der Waals surface area contributed by atoms with Gasteiger partial charge < -0.3 is 20.4 Å². The number of hydrogen-bond acceptors (Lipinski definition) is 7. The van der Waals surface area contributed by atoms with Gasteiger partial charge in [-0.1, -0.05) is 74.7 Å². The molecule has 0 aromatic carbocycles. The van der Waals surface area contributed by atoms with Crippen LogP contribution >= 0.6 is 0 Å². The minimum Gasteiger partial charge on any atom is -0.396 e. The summed E-state index contributed by atoms with van der Waals surface area (Å²) >= 11 is 0. The van der Waals surface area contributed by atoms with Crippen molar-refractivity contribution in [1.82, 2.24) is 0 Å². The van der Waals surface area contributed by atoms with Gasteiger partial charge in [0.25, 0.3) is 0 Å². The van der Waals surface area contributed by atoms with Crippen molar-refractivity contribution in [2.75, 3.05) is 26.4 Å². The number of unbranched alkanes of at least 4 members (excludes halogenated alkanes) is 1. The van der Waals surface area contributed by atoms with Gasteiger partial charge in [-0.15, -0.1) is 0 Å². The average molecular weight is 611 g/mol. The molecule has 0 heterocycles. The first-order valence-corrected chi connectivity index (χ1v) is 15.6. The number of aliphatic hydroxyl groups is 4. The number of aliphatic hydroxyl groups excluding tert-OH is 4. The third-order valence-corrected chi connectivity index (χ3v) is 6.80. The summed E-state index contributed by atoms with van der Waals surface area (Å²) in [6, 6.07) is 0. The molecule has 0 spiro atoms. The third-order valence-electron chi connectivity index (χ3n) is 6.80. The van der Waals surface area contributed by atoms with Crippen LogP contribution in [0, 0.1) is 23.7 Å². The van der Waals surface area contributed by atoms with Gasteiger partial charge in [-0.25, -0.2) is 0 Å². The SMILES string of the molecule is CCCC(=O)C(CC)CO.CCCC(=O)C(CC)CO.CCCC(=O)C(CC)CO.CCCCC(CC)CO.[Ti]. The van der Waals surface area contributed by atoms with Gasteiger partial charge >= 0.3 is 0 Å². The van der Waals surface area contributed by atoms with Crippen molar-refractivity contribution in [1.29, 1.82) is 0 Å². The van der Waals surface area contributed by atoms with Crippen LogP contribution in [0.4, 0.5) is 0 Å². The Morgan fingerprint density at radius 2 is 0.775 bits per heavy atom. The van der Waals surface area contributed by atoms with E-state index in [1.807, 2.05) is 41.5 Å². The monoisotopic (exact) mass is 610 g/mol. The first-order chi connectivity index (χ1) is 18.6. The van der Waals surface area contributed by atoms with E-state index < -0.39 is 0 Å². The van der Waals surface area contributed by atoms with Gasteiger partial charge in [0.2, 0.25) is 0 Å². The topological polar surface area (TPSA) is 132 Å². The predicted molar refractivity (Wildman–Crippen MR) is 163 cm³/mol. The maximum absolute atomic E-state index is 11.0. The molecular formula is C32H66O7Ti. The maximum Gasteiger partial charge on any atom is 0.138 e. The van der Waals surface area contributed by atoms with Crippen LogP contribution in [0.2, 0.25) is 0 Å². The van der Waals surface area contributed by atoms with Crippen molar-refractivity contribution < 1.29 is 56.5 Å². The molecule has 0 saturated carbocycles. The Labute approximate surface area is 262 Å². The molecular weight excluding hydrogens is 544 g/mol. The Morgan fingerprint density at radius 1 is 0.475 bits per heavy atom. The number of ketones is 3. The van der Waals surface area contributed by atoms with Crippen molar-refractivity contribution >= 4 is 17.3 Å². The molecule has 8 heteroatoms. The number of hydrogen-bond donors (Lipinski definition) is 4. The molecule has 0 aliphatic rings. The Hall–Kier alpha value is -0.436. The minimum absolute atomic E-state index is 0. The van der Waals surface area contributed by atoms with E-state index >= 15 is 0 Å². The fourth-order valence-electron chi connectivity index (χ4n) is 3.64. The first-order valence-electron chi connectivity index (χ1n) is 15.6. The van der Waals surface area contributed by atoms with E-state index in [1.165, 1.54) is 19.3 Å². The van der Waals surface area contributed by atoms with Crippen LogP contribution in [0.25, 0.3) is 0 Å². The van der Waals surface area contributed by atoms with Crippen molar-refractivity contribution in [3.63, 3.8) is 0 Å². The summed E-state index contributed by atoms with van der Waals surface area (Å²) in [6.07, 6.45) is 11.6. The Kier molecular flexibility index (Phi) is 47.5. The van der Waals surface area contributed by atoms with Gasteiger partial charge in [0.15, 0.2) is 0 Å². The fourth-order valence-corrected chi connectivity index (χ4v) is 3.64. The number of Topliss-reactive ketones (excluding diaryl/α,β-unsaturated/α-hetero) is 3. The molecule has 4 N–H and O–H groups in total. The number of rotatable bonds is 20. The van der Waals surface area contributed by atoms with Crippen LogP contribution in [0.3, 0.4) is 0 Å². The zero-order valence-electron chi connectivity index (χ0n) is 27.3. The second kappa shape index (κ2) is 38.6. The second-order valence-corrected chi connectivity index (χ2v) is 10.1. The van der Waals surface area contributed by atoms with Gasteiger partial charge in [0.1, 0.15) is 17.3 Å². The molecule has 240 valence electrons. The van der Waals surface area contributed by atoms with Gasteiger partial charge in [-0.05, 0) is 50.9 Å².